The smallest absolute Gasteiger partial charge is 0.420 e. The van der Waals surface area contributed by atoms with Gasteiger partial charge < -0.3 is 23.5 Å². The van der Waals surface area contributed by atoms with Gasteiger partial charge in [-0.25, -0.2) is 14.4 Å². The molecule has 0 N–H and O–H groups in total. The van der Waals surface area contributed by atoms with Crippen LogP contribution in [0.1, 0.15) is 47.1 Å². The lowest BCUT2D eigenvalue weighted by atomic mass is 10.2. The fraction of sp³-hybridized carbons (Fsp3) is 0.462. The van der Waals surface area contributed by atoms with E-state index in [4.69, 9.17) is 18.9 Å². The largest absolute Gasteiger partial charge is 0.489 e. The summed E-state index contributed by atoms with van der Waals surface area (Å²) in [5.41, 5.74) is -1.51. The van der Waals surface area contributed by atoms with Crippen molar-refractivity contribution in [3.63, 3.8) is 0 Å². The number of aromatic nitrogens is 1. The average molecular weight is 503 g/mol. The lowest BCUT2D eigenvalue weighted by Crippen LogP contribution is -2.54. The maximum atomic E-state index is 13.0. The highest BCUT2D eigenvalue weighted by Crippen LogP contribution is 2.19. The van der Waals surface area contributed by atoms with Gasteiger partial charge in [0.1, 0.15) is 23.6 Å². The number of imide groups is 1. The second kappa shape index (κ2) is 11.7. The monoisotopic (exact) mass is 502 g/mol. The van der Waals surface area contributed by atoms with E-state index in [0.717, 1.165) is 12.7 Å². The Morgan fingerprint density at radius 1 is 0.917 bits per heavy atom. The molecule has 1 unspecified atom stereocenters. The van der Waals surface area contributed by atoms with Crippen molar-refractivity contribution in [1.82, 2.24) is 9.47 Å². The van der Waals surface area contributed by atoms with Gasteiger partial charge in [0, 0.05) is 12.3 Å². The second-order valence-corrected chi connectivity index (χ2v) is 10.00. The molecule has 2 aromatic rings. The summed E-state index contributed by atoms with van der Waals surface area (Å²) in [7, 11) is 1.11. The molecule has 0 saturated carbocycles. The number of hydrogen-bond donors (Lipinski definition) is 0. The third kappa shape index (κ3) is 8.75. The molecular weight excluding hydrogens is 468 g/mol. The van der Waals surface area contributed by atoms with Crippen molar-refractivity contribution in [1.29, 1.82) is 0 Å². The van der Waals surface area contributed by atoms with E-state index in [1.165, 1.54) is 16.8 Å². The van der Waals surface area contributed by atoms with Crippen molar-refractivity contribution in [2.24, 2.45) is 0 Å². The molecule has 10 nitrogen and oxygen atoms in total. The molecule has 0 spiro atoms. The number of amides is 2. The zero-order valence-electron chi connectivity index (χ0n) is 21.8. The Kier molecular flexibility index (Phi) is 9.27. The Hall–Kier alpha value is -3.82. The van der Waals surface area contributed by atoms with Crippen molar-refractivity contribution in [2.75, 3.05) is 7.11 Å². The van der Waals surface area contributed by atoms with Gasteiger partial charge in [-0.2, -0.15) is 4.90 Å². The summed E-state index contributed by atoms with van der Waals surface area (Å²) in [6.45, 7) is 9.57. The first-order valence-corrected chi connectivity index (χ1v) is 11.4. The van der Waals surface area contributed by atoms with E-state index in [9.17, 15) is 19.2 Å². The normalized spacial score (nSPS) is 12.3. The molecule has 1 heterocycles. The number of pyridine rings is 1. The summed E-state index contributed by atoms with van der Waals surface area (Å²) in [5, 5.41) is 0. The molecule has 1 aromatic heterocycles. The van der Waals surface area contributed by atoms with Crippen LogP contribution in [0.2, 0.25) is 0 Å². The Bertz CT molecular complexity index is 1090. The highest BCUT2D eigenvalue weighted by Gasteiger charge is 2.41. The standard InChI is InChI=1S/C26H34N2O8/c1-25(2,3)35-23(31)28(24(32)36-26(4,5)6)20(22(30)33-7)16-27-14-13-19(15-21(27)29)34-17-18-11-9-8-10-12-18/h8-15,20H,16-17H2,1-7H3. The molecule has 36 heavy (non-hydrogen) atoms. The number of rotatable bonds is 7. The molecule has 10 heteroatoms. The van der Waals surface area contributed by atoms with E-state index >= 15 is 0 Å². The fourth-order valence-corrected chi connectivity index (χ4v) is 3.01. The number of hydrogen-bond acceptors (Lipinski definition) is 8. The maximum absolute atomic E-state index is 13.0. The summed E-state index contributed by atoms with van der Waals surface area (Å²) < 4.78 is 22.4. The third-order valence-electron chi connectivity index (χ3n) is 4.55. The Morgan fingerprint density at radius 3 is 1.94 bits per heavy atom. The van der Waals surface area contributed by atoms with Crippen LogP contribution >= 0.6 is 0 Å². The summed E-state index contributed by atoms with van der Waals surface area (Å²) in [4.78, 5) is 52.0. The molecule has 0 fully saturated rings. The molecule has 0 aliphatic carbocycles. The third-order valence-corrected chi connectivity index (χ3v) is 4.55. The molecule has 1 atom stereocenters. The second-order valence-electron chi connectivity index (χ2n) is 10.00. The summed E-state index contributed by atoms with van der Waals surface area (Å²) >= 11 is 0. The first-order valence-electron chi connectivity index (χ1n) is 11.4. The lowest BCUT2D eigenvalue weighted by molar-refractivity contribution is -0.147. The molecule has 0 radical (unpaired) electrons. The molecule has 0 aliphatic rings. The Balaban J connectivity index is 2.34. The van der Waals surface area contributed by atoms with Gasteiger partial charge in [-0.15, -0.1) is 0 Å². The minimum atomic E-state index is -1.53. The first kappa shape index (κ1) is 28.4. The predicted octanol–water partition coefficient (Wildman–Crippen LogP) is 4.14. The van der Waals surface area contributed by atoms with Gasteiger partial charge in [0.25, 0.3) is 5.56 Å². The van der Waals surface area contributed by atoms with E-state index in [1.54, 1.807) is 47.6 Å². The van der Waals surface area contributed by atoms with Crippen molar-refractivity contribution in [3.8, 4) is 5.75 Å². The van der Waals surface area contributed by atoms with E-state index in [0.29, 0.717) is 10.6 Å². The van der Waals surface area contributed by atoms with Gasteiger partial charge >= 0.3 is 18.2 Å². The summed E-state index contributed by atoms with van der Waals surface area (Å²) in [6, 6.07) is 10.7. The van der Waals surface area contributed by atoms with Gasteiger partial charge in [-0.1, -0.05) is 30.3 Å². The van der Waals surface area contributed by atoms with Crippen LogP contribution in [-0.4, -0.2) is 52.0 Å². The maximum Gasteiger partial charge on any atom is 0.420 e. The Morgan fingerprint density at radius 2 is 1.47 bits per heavy atom. The van der Waals surface area contributed by atoms with Gasteiger partial charge in [0.2, 0.25) is 0 Å². The molecular formula is C26H34N2O8. The van der Waals surface area contributed by atoms with E-state index in [1.807, 2.05) is 30.3 Å². The molecule has 2 amide bonds. The predicted molar refractivity (Wildman–Crippen MR) is 132 cm³/mol. The van der Waals surface area contributed by atoms with Gasteiger partial charge in [-0.05, 0) is 53.2 Å². The van der Waals surface area contributed by atoms with Crippen LogP contribution in [-0.2, 0) is 32.2 Å². The summed E-state index contributed by atoms with van der Waals surface area (Å²) in [6.07, 6.45) is -0.813. The highest BCUT2D eigenvalue weighted by atomic mass is 16.6. The minimum Gasteiger partial charge on any atom is -0.489 e. The molecule has 0 aliphatic heterocycles. The number of carbonyl (C=O) groups excluding carboxylic acids is 3. The van der Waals surface area contributed by atoms with Gasteiger partial charge in [0.05, 0.1) is 13.7 Å². The van der Waals surface area contributed by atoms with Crippen LogP contribution in [0.4, 0.5) is 9.59 Å². The number of esters is 1. The Labute approximate surface area is 210 Å². The quantitative estimate of drug-likeness (QED) is 0.410. The highest BCUT2D eigenvalue weighted by molar-refractivity contribution is 5.94. The van der Waals surface area contributed by atoms with E-state index in [2.05, 4.69) is 0 Å². The molecule has 1 aromatic carbocycles. The van der Waals surface area contributed by atoms with E-state index in [-0.39, 0.29) is 13.2 Å². The number of nitrogens with zero attached hydrogens (tertiary/aromatic N) is 2. The SMILES string of the molecule is COC(=O)C(Cn1ccc(OCc2ccccc2)cc1=O)N(C(=O)OC(C)(C)C)C(=O)OC(C)(C)C. The number of ether oxygens (including phenoxy) is 4. The van der Waals surface area contributed by atoms with Crippen molar-refractivity contribution < 1.29 is 33.3 Å². The van der Waals surface area contributed by atoms with Crippen molar-refractivity contribution >= 4 is 18.2 Å². The fourth-order valence-electron chi connectivity index (χ4n) is 3.01. The molecule has 2 rings (SSSR count). The van der Waals surface area contributed by atoms with Crippen molar-refractivity contribution in [2.45, 2.75) is 71.9 Å². The average Bonchev–Trinajstić information content (AvgIpc) is 2.76. The first-order chi connectivity index (χ1) is 16.7. The summed E-state index contributed by atoms with van der Waals surface area (Å²) in [5.74, 6) is -0.603. The van der Waals surface area contributed by atoms with Gasteiger partial charge in [0.15, 0.2) is 6.04 Å². The van der Waals surface area contributed by atoms with E-state index < -0.39 is 41.0 Å². The van der Waals surface area contributed by atoms with Crippen molar-refractivity contribution in [3.05, 3.63) is 64.6 Å². The topological polar surface area (TPSA) is 113 Å². The van der Waals surface area contributed by atoms with Crippen LogP contribution in [0.5, 0.6) is 5.75 Å². The van der Waals surface area contributed by atoms with Crippen LogP contribution in [0.25, 0.3) is 0 Å². The molecule has 196 valence electrons. The molecule has 0 saturated heterocycles. The van der Waals surface area contributed by atoms with Crippen LogP contribution in [0, 0.1) is 0 Å². The molecule has 0 bridgehead atoms. The number of carbonyl (C=O) groups is 3. The van der Waals surface area contributed by atoms with Crippen LogP contribution in [0.15, 0.2) is 53.5 Å². The van der Waals surface area contributed by atoms with Crippen LogP contribution < -0.4 is 10.3 Å². The lowest BCUT2D eigenvalue weighted by Gasteiger charge is -2.32. The number of benzene rings is 1. The number of methoxy groups -OCH3 is 1. The zero-order valence-corrected chi connectivity index (χ0v) is 21.8. The zero-order chi connectivity index (χ0) is 27.1. The van der Waals surface area contributed by atoms with Crippen LogP contribution in [0.3, 0.4) is 0 Å². The minimum absolute atomic E-state index is 0.264. The van der Waals surface area contributed by atoms with Gasteiger partial charge in [-0.3, -0.25) is 4.79 Å².